The van der Waals surface area contributed by atoms with Crippen molar-refractivity contribution >= 4 is 35.2 Å². The summed E-state index contributed by atoms with van der Waals surface area (Å²) >= 11 is 0. The van der Waals surface area contributed by atoms with Gasteiger partial charge in [0.1, 0.15) is 29.1 Å². The van der Waals surface area contributed by atoms with Gasteiger partial charge in [-0.3, -0.25) is 34.9 Å². The van der Waals surface area contributed by atoms with Crippen LogP contribution in [0.2, 0.25) is 0 Å². The third-order valence-corrected chi connectivity index (χ3v) is 12.9. The van der Waals surface area contributed by atoms with E-state index < -0.39 is 18.2 Å². The summed E-state index contributed by atoms with van der Waals surface area (Å²) in [5.74, 6) is 1.18. The summed E-state index contributed by atoms with van der Waals surface area (Å²) in [5.41, 5.74) is 7.95. The molecule has 15 heteroatoms. The summed E-state index contributed by atoms with van der Waals surface area (Å²) in [7, 11) is 0. The van der Waals surface area contributed by atoms with Crippen LogP contribution in [0.15, 0.2) is 90.3 Å². The van der Waals surface area contributed by atoms with Crippen LogP contribution in [0.1, 0.15) is 60.9 Å². The molecule has 0 aromatic heterocycles. The number of nitrogens with one attached hydrogen (secondary N) is 4. The lowest BCUT2D eigenvalue weighted by atomic mass is 9.72. The molecule has 1 spiro atoms. The van der Waals surface area contributed by atoms with Crippen molar-refractivity contribution in [3.8, 4) is 11.5 Å². The largest absolute Gasteiger partial charge is 0.457 e. The molecule has 3 aromatic carbocycles. The van der Waals surface area contributed by atoms with Crippen LogP contribution in [0, 0.1) is 16.7 Å². The highest BCUT2D eigenvalue weighted by molar-refractivity contribution is 6.26. The van der Waals surface area contributed by atoms with E-state index in [1.807, 2.05) is 35.2 Å². The van der Waals surface area contributed by atoms with E-state index in [-0.39, 0.29) is 47.5 Å². The monoisotopic (exact) mass is 817 g/mol. The van der Waals surface area contributed by atoms with E-state index in [2.05, 4.69) is 25.8 Å². The van der Waals surface area contributed by atoms with Gasteiger partial charge in [0.2, 0.25) is 5.91 Å². The maximum absolute atomic E-state index is 13.5. The molecule has 3 aromatic rings. The number of carbonyl (C=O) groups is 4. The van der Waals surface area contributed by atoms with E-state index in [1.54, 1.807) is 48.5 Å². The molecule has 7 N–H and O–H groups in total. The Balaban J connectivity index is 0.764. The number of benzene rings is 3. The van der Waals surface area contributed by atoms with Gasteiger partial charge in [-0.15, -0.1) is 0 Å². The molecule has 8 rings (SSSR count). The van der Waals surface area contributed by atoms with Crippen molar-refractivity contribution in [3.05, 3.63) is 101 Å². The number of imide groups is 1. The highest BCUT2D eigenvalue weighted by Gasteiger charge is 2.45. The van der Waals surface area contributed by atoms with Gasteiger partial charge >= 0.3 is 6.03 Å². The molecule has 0 radical (unpaired) electrons. The predicted molar refractivity (Wildman–Crippen MR) is 226 cm³/mol. The minimum Gasteiger partial charge on any atom is -0.457 e. The minimum atomic E-state index is -0.669. The van der Waals surface area contributed by atoms with Crippen molar-refractivity contribution in [2.45, 2.75) is 57.2 Å². The molecular weight excluding hydrogens is 763 g/mol. The zero-order chi connectivity index (χ0) is 41.8. The Hall–Kier alpha value is -5.77. The van der Waals surface area contributed by atoms with Gasteiger partial charge in [0.15, 0.2) is 0 Å². The number of nitrogens with two attached hydrogens (primary N) is 1. The number of aliphatic hydroxyl groups is 1. The molecule has 5 amide bonds. The van der Waals surface area contributed by atoms with Crippen LogP contribution in [-0.2, 0) is 9.59 Å². The number of aliphatic hydroxyl groups excluding tert-OH is 1. The van der Waals surface area contributed by atoms with Gasteiger partial charge in [-0.1, -0.05) is 24.3 Å². The lowest BCUT2D eigenvalue weighted by Gasteiger charge is -2.54. The predicted octanol–water partition coefficient (Wildman–Crippen LogP) is 3.60. The number of carbonyl (C=O) groups excluding carboxylic acids is 4. The van der Waals surface area contributed by atoms with Crippen LogP contribution in [0.3, 0.4) is 0 Å². The molecule has 1 unspecified atom stereocenters. The molecule has 60 heavy (non-hydrogen) atoms. The average molecular weight is 818 g/mol. The summed E-state index contributed by atoms with van der Waals surface area (Å²) in [4.78, 5) is 58.1. The minimum absolute atomic E-state index is 0.0418. The first-order valence-corrected chi connectivity index (χ1v) is 21.2. The van der Waals surface area contributed by atoms with E-state index in [0.717, 1.165) is 64.8 Å². The summed E-state index contributed by atoms with van der Waals surface area (Å²) in [6.07, 6.45) is 4.95. The summed E-state index contributed by atoms with van der Waals surface area (Å²) < 4.78 is 5.89. The molecule has 0 saturated carbocycles. The van der Waals surface area contributed by atoms with Crippen LogP contribution in [0.5, 0.6) is 11.5 Å². The van der Waals surface area contributed by atoms with Gasteiger partial charge in [-0.05, 0) is 104 Å². The van der Waals surface area contributed by atoms with E-state index in [1.165, 1.54) is 4.90 Å². The van der Waals surface area contributed by atoms with E-state index in [9.17, 15) is 24.3 Å². The molecule has 15 nitrogen and oxygen atoms in total. The second kappa shape index (κ2) is 17.8. The lowest BCUT2D eigenvalue weighted by Crippen LogP contribution is -2.61. The van der Waals surface area contributed by atoms with Crippen molar-refractivity contribution in [1.29, 1.82) is 5.41 Å². The van der Waals surface area contributed by atoms with Gasteiger partial charge < -0.3 is 36.0 Å². The number of primary amides is 1. The summed E-state index contributed by atoms with van der Waals surface area (Å²) in [5, 5.41) is 29.3. The molecule has 5 heterocycles. The Morgan fingerprint density at radius 2 is 1.60 bits per heavy atom. The fourth-order valence-corrected chi connectivity index (χ4v) is 9.47. The number of hydrogen-bond acceptors (Lipinski definition) is 11. The zero-order valence-corrected chi connectivity index (χ0v) is 33.9. The van der Waals surface area contributed by atoms with E-state index in [4.69, 9.17) is 15.9 Å². The third kappa shape index (κ3) is 9.18. The summed E-state index contributed by atoms with van der Waals surface area (Å²) in [6, 6.07) is 23.2. The lowest BCUT2D eigenvalue weighted by molar-refractivity contribution is -0.120. The van der Waals surface area contributed by atoms with Gasteiger partial charge in [-0.25, -0.2) is 4.79 Å². The second-order valence-corrected chi connectivity index (χ2v) is 16.8. The molecule has 316 valence electrons. The normalized spacial score (nSPS) is 22.5. The van der Waals surface area contributed by atoms with Gasteiger partial charge in [0.05, 0.1) is 5.71 Å². The smallest absolute Gasteiger partial charge is 0.328 e. The number of para-hydroxylation sites is 1. The Labute approximate surface area is 350 Å². The molecule has 0 aliphatic carbocycles. The van der Waals surface area contributed by atoms with Crippen molar-refractivity contribution < 1.29 is 29.0 Å². The Morgan fingerprint density at radius 3 is 2.30 bits per heavy atom. The van der Waals surface area contributed by atoms with Crippen LogP contribution in [-0.4, -0.2) is 120 Å². The number of ether oxygens (including phenoxy) is 1. The van der Waals surface area contributed by atoms with E-state index in [0.29, 0.717) is 66.1 Å². The number of urea groups is 1. The van der Waals surface area contributed by atoms with Crippen molar-refractivity contribution in [3.63, 3.8) is 0 Å². The quantitative estimate of drug-likeness (QED) is 0.116. The standard InChI is InChI=1S/C45H55N9O6/c46-40(31-9-11-35(12-10-31)60-34-7-2-1-3-8-34)39(41(47)57)42-48-20-13-36(49-42)30-14-22-52(23-15-30)38(56)17-21-51-28-45(29-51)18-25-53(26-19-45)43(58)32-5-4-6-33(27-32)54-24-16-37(55)50-44(54)59/h1-12,27,30,36,38,46,48-49,56H,13-26,28-29H2,(H2,47,57)(H,50,55,59)/b42-39+,46-40?/t36-,38?/m0/s1. The Morgan fingerprint density at radius 1 is 0.883 bits per heavy atom. The molecule has 5 aliphatic rings. The maximum atomic E-state index is 13.5. The van der Waals surface area contributed by atoms with Crippen LogP contribution < -0.4 is 31.3 Å². The summed E-state index contributed by atoms with van der Waals surface area (Å²) in [6.45, 7) is 6.65. The van der Waals surface area contributed by atoms with Gasteiger partial charge in [-0.2, -0.15) is 0 Å². The first-order valence-electron chi connectivity index (χ1n) is 21.2. The van der Waals surface area contributed by atoms with E-state index >= 15 is 0 Å². The molecule has 5 saturated heterocycles. The van der Waals surface area contributed by atoms with Crippen molar-refractivity contribution in [2.24, 2.45) is 17.1 Å². The van der Waals surface area contributed by atoms with Crippen LogP contribution >= 0.6 is 0 Å². The SMILES string of the molecule is N=C(/C(C(N)=O)=C1/NCC[C@@H](C2CCN(C(O)CCN3CC4(CCN(C(=O)c5cccc(N6CCC(=O)NC6=O)c5)CC4)C3)CC2)N1)c1ccc(Oc2ccccc2)cc1. The second-order valence-electron chi connectivity index (χ2n) is 16.8. The molecule has 0 bridgehead atoms. The van der Waals surface area contributed by atoms with Gasteiger partial charge in [0, 0.05) is 88.2 Å². The average Bonchev–Trinajstić information content (AvgIpc) is 3.25. The Kier molecular flexibility index (Phi) is 12.2. The fourth-order valence-electron chi connectivity index (χ4n) is 9.47. The first-order chi connectivity index (χ1) is 29.0. The van der Waals surface area contributed by atoms with Crippen molar-refractivity contribution in [1.82, 2.24) is 30.7 Å². The molecule has 5 aliphatic heterocycles. The number of piperidine rings is 2. The molecule has 2 atom stereocenters. The number of amides is 5. The highest BCUT2D eigenvalue weighted by atomic mass is 16.5. The van der Waals surface area contributed by atoms with Crippen LogP contribution in [0.4, 0.5) is 10.5 Å². The van der Waals surface area contributed by atoms with Gasteiger partial charge in [0.25, 0.3) is 11.8 Å². The third-order valence-electron chi connectivity index (χ3n) is 12.9. The molecule has 5 fully saturated rings. The van der Waals surface area contributed by atoms with Crippen LogP contribution in [0.25, 0.3) is 0 Å². The maximum Gasteiger partial charge on any atom is 0.328 e. The molecular formula is C45H55N9O6. The Bertz CT molecular complexity index is 2100. The zero-order valence-electron chi connectivity index (χ0n) is 33.9. The van der Waals surface area contributed by atoms with Crippen molar-refractivity contribution in [2.75, 3.05) is 63.8 Å². The number of rotatable bonds is 12. The topological polar surface area (TPSA) is 197 Å². The fraction of sp³-hybridized carbons (Fsp3) is 0.444. The number of likely N-dealkylation sites (tertiary alicyclic amines) is 3. The number of anilines is 1. The highest BCUT2D eigenvalue weighted by Crippen LogP contribution is 2.41. The number of nitrogens with zero attached hydrogens (tertiary/aromatic N) is 4. The first kappa shape index (κ1) is 41.0. The number of hydrogen-bond donors (Lipinski definition) is 6.